The molecule has 0 aromatic rings. The Balaban J connectivity index is 2.35. The number of allylic oxidation sites excluding steroid dienone is 1. The molecule has 0 radical (unpaired) electrons. The Labute approximate surface area is 97.5 Å². The molecule has 0 aliphatic heterocycles. The highest BCUT2D eigenvalue weighted by molar-refractivity contribution is 5.74. The molecule has 1 aliphatic rings. The van der Waals surface area contributed by atoms with E-state index in [1.807, 2.05) is 20.8 Å². The maximum atomic E-state index is 11.6. The molecule has 0 aromatic heterocycles. The molecule has 0 atom stereocenters. The van der Waals surface area contributed by atoms with Crippen LogP contribution >= 0.6 is 0 Å². The number of carbonyl (C=O) groups excluding carboxylic acids is 1. The van der Waals surface area contributed by atoms with Crippen LogP contribution in [0.15, 0.2) is 12.7 Å². The van der Waals surface area contributed by atoms with Crippen LogP contribution in [0.3, 0.4) is 0 Å². The van der Waals surface area contributed by atoms with Crippen molar-refractivity contribution in [2.75, 3.05) is 0 Å². The minimum atomic E-state index is -0.671. The van der Waals surface area contributed by atoms with Crippen LogP contribution in [0, 0.1) is 5.92 Å². The van der Waals surface area contributed by atoms with Crippen molar-refractivity contribution in [2.45, 2.75) is 57.7 Å². The minimum absolute atomic E-state index is 0.131. The van der Waals surface area contributed by atoms with Crippen LogP contribution in [0.25, 0.3) is 0 Å². The van der Waals surface area contributed by atoms with Gasteiger partial charge in [-0.15, -0.1) is 6.58 Å². The fourth-order valence-corrected chi connectivity index (χ4v) is 1.98. The Morgan fingerprint density at radius 1 is 1.56 bits per heavy atom. The van der Waals surface area contributed by atoms with E-state index >= 15 is 0 Å². The topological polar surface area (TPSA) is 46.5 Å². The second kappa shape index (κ2) is 4.58. The molecule has 0 bridgehead atoms. The van der Waals surface area contributed by atoms with E-state index < -0.39 is 11.2 Å². The molecule has 3 heteroatoms. The Bertz CT molecular complexity index is 269. The van der Waals surface area contributed by atoms with Gasteiger partial charge in [0.15, 0.2) is 0 Å². The fraction of sp³-hybridized carbons (Fsp3) is 0.769. The van der Waals surface area contributed by atoms with Crippen molar-refractivity contribution in [1.82, 2.24) is 0 Å². The molecule has 0 unspecified atom stereocenters. The zero-order chi connectivity index (χ0) is 12.4. The van der Waals surface area contributed by atoms with Gasteiger partial charge in [0.2, 0.25) is 0 Å². The average molecular weight is 226 g/mol. The van der Waals surface area contributed by atoms with E-state index in [1.54, 1.807) is 6.08 Å². The molecular formula is C13H22O3. The van der Waals surface area contributed by atoms with Gasteiger partial charge in [-0.25, -0.2) is 0 Å². The lowest BCUT2D eigenvalue weighted by molar-refractivity contribution is -0.176. The SMILES string of the molecule is C=CCCC1(O)CC(C(=O)OC(C)(C)C)C1. The third-order valence-corrected chi connectivity index (χ3v) is 2.81. The van der Waals surface area contributed by atoms with E-state index in [9.17, 15) is 9.90 Å². The molecule has 0 spiro atoms. The van der Waals surface area contributed by atoms with Crippen LogP contribution in [0.1, 0.15) is 46.5 Å². The zero-order valence-corrected chi connectivity index (χ0v) is 10.5. The monoisotopic (exact) mass is 226 g/mol. The number of hydrogen-bond acceptors (Lipinski definition) is 3. The lowest BCUT2D eigenvalue weighted by Crippen LogP contribution is -2.48. The van der Waals surface area contributed by atoms with Crippen LogP contribution < -0.4 is 0 Å². The van der Waals surface area contributed by atoms with Gasteiger partial charge in [0.1, 0.15) is 5.60 Å². The van der Waals surface area contributed by atoms with E-state index in [4.69, 9.17) is 4.74 Å². The summed E-state index contributed by atoms with van der Waals surface area (Å²) >= 11 is 0. The molecule has 1 saturated carbocycles. The summed E-state index contributed by atoms with van der Waals surface area (Å²) in [6.07, 6.45) is 4.32. The number of aliphatic hydroxyl groups is 1. The highest BCUT2D eigenvalue weighted by Crippen LogP contribution is 2.42. The van der Waals surface area contributed by atoms with Crippen molar-refractivity contribution in [2.24, 2.45) is 5.92 Å². The summed E-state index contributed by atoms with van der Waals surface area (Å²) in [7, 11) is 0. The van der Waals surface area contributed by atoms with Crippen molar-refractivity contribution in [1.29, 1.82) is 0 Å². The van der Waals surface area contributed by atoms with Gasteiger partial charge in [0, 0.05) is 0 Å². The fourth-order valence-electron chi connectivity index (χ4n) is 1.98. The van der Waals surface area contributed by atoms with Gasteiger partial charge in [-0.05, 0) is 46.5 Å². The van der Waals surface area contributed by atoms with Crippen LogP contribution in [-0.4, -0.2) is 22.3 Å². The predicted molar refractivity (Wildman–Crippen MR) is 62.9 cm³/mol. The molecular weight excluding hydrogens is 204 g/mol. The summed E-state index contributed by atoms with van der Waals surface area (Å²) in [5, 5.41) is 10.0. The molecule has 1 N–H and O–H groups in total. The largest absolute Gasteiger partial charge is 0.460 e. The lowest BCUT2D eigenvalue weighted by Gasteiger charge is -2.43. The van der Waals surface area contributed by atoms with Gasteiger partial charge in [-0.2, -0.15) is 0 Å². The van der Waals surface area contributed by atoms with Crippen molar-refractivity contribution >= 4 is 5.97 Å². The standard InChI is InChI=1S/C13H22O3/c1-5-6-7-13(15)8-10(9-13)11(14)16-12(2,3)4/h5,10,15H,1,6-9H2,2-4H3. The Hall–Kier alpha value is -0.830. The molecule has 1 aliphatic carbocycles. The Morgan fingerprint density at radius 3 is 2.56 bits per heavy atom. The van der Waals surface area contributed by atoms with Gasteiger partial charge in [0.25, 0.3) is 0 Å². The molecule has 1 rings (SSSR count). The third kappa shape index (κ3) is 3.63. The highest BCUT2D eigenvalue weighted by atomic mass is 16.6. The smallest absolute Gasteiger partial charge is 0.309 e. The first kappa shape index (κ1) is 13.2. The number of rotatable bonds is 4. The van der Waals surface area contributed by atoms with Crippen LogP contribution in [0.2, 0.25) is 0 Å². The van der Waals surface area contributed by atoms with E-state index in [0.29, 0.717) is 19.3 Å². The molecule has 3 nitrogen and oxygen atoms in total. The summed E-state index contributed by atoms with van der Waals surface area (Å²) in [5.41, 5.74) is -1.11. The van der Waals surface area contributed by atoms with Crippen LogP contribution in [-0.2, 0) is 9.53 Å². The summed E-state index contributed by atoms with van der Waals surface area (Å²) in [4.78, 5) is 11.6. The second-order valence-corrected chi connectivity index (χ2v) is 5.69. The first-order valence-corrected chi connectivity index (χ1v) is 5.82. The average Bonchev–Trinajstić information content (AvgIpc) is 2.07. The second-order valence-electron chi connectivity index (χ2n) is 5.69. The molecule has 0 aromatic carbocycles. The predicted octanol–water partition coefficient (Wildman–Crippen LogP) is 2.44. The van der Waals surface area contributed by atoms with Gasteiger partial charge in [0.05, 0.1) is 11.5 Å². The van der Waals surface area contributed by atoms with Crippen LogP contribution in [0.4, 0.5) is 0 Å². The normalized spacial score (nSPS) is 29.4. The zero-order valence-electron chi connectivity index (χ0n) is 10.5. The first-order valence-electron chi connectivity index (χ1n) is 5.82. The molecule has 1 fully saturated rings. The highest BCUT2D eigenvalue weighted by Gasteiger charge is 2.46. The molecule has 16 heavy (non-hydrogen) atoms. The number of esters is 1. The summed E-state index contributed by atoms with van der Waals surface area (Å²) < 4.78 is 5.27. The van der Waals surface area contributed by atoms with E-state index in [2.05, 4.69) is 6.58 Å². The third-order valence-electron chi connectivity index (χ3n) is 2.81. The van der Waals surface area contributed by atoms with Crippen molar-refractivity contribution in [3.05, 3.63) is 12.7 Å². The first-order chi connectivity index (χ1) is 7.26. The quantitative estimate of drug-likeness (QED) is 0.591. The molecule has 0 amide bonds. The number of carbonyl (C=O) groups is 1. The summed E-state index contributed by atoms with van der Waals surface area (Å²) in [6, 6.07) is 0. The minimum Gasteiger partial charge on any atom is -0.460 e. The molecule has 92 valence electrons. The maximum absolute atomic E-state index is 11.6. The maximum Gasteiger partial charge on any atom is 0.309 e. The van der Waals surface area contributed by atoms with Crippen LogP contribution in [0.5, 0.6) is 0 Å². The van der Waals surface area contributed by atoms with Gasteiger partial charge in [-0.3, -0.25) is 4.79 Å². The summed E-state index contributed by atoms with van der Waals surface area (Å²) in [5.74, 6) is -0.315. The van der Waals surface area contributed by atoms with Gasteiger partial charge in [-0.1, -0.05) is 6.08 Å². The number of hydrogen-bond donors (Lipinski definition) is 1. The van der Waals surface area contributed by atoms with E-state index in [-0.39, 0.29) is 11.9 Å². The lowest BCUT2D eigenvalue weighted by atomic mass is 9.68. The number of ether oxygens (including phenoxy) is 1. The van der Waals surface area contributed by atoms with E-state index in [0.717, 1.165) is 6.42 Å². The van der Waals surface area contributed by atoms with Crippen molar-refractivity contribution < 1.29 is 14.6 Å². The molecule has 0 saturated heterocycles. The Morgan fingerprint density at radius 2 is 2.12 bits per heavy atom. The van der Waals surface area contributed by atoms with Gasteiger partial charge >= 0.3 is 5.97 Å². The van der Waals surface area contributed by atoms with Gasteiger partial charge < -0.3 is 9.84 Å². The molecule has 0 heterocycles. The Kier molecular flexibility index (Phi) is 3.79. The van der Waals surface area contributed by atoms with E-state index in [1.165, 1.54) is 0 Å². The summed E-state index contributed by atoms with van der Waals surface area (Å²) in [6.45, 7) is 9.19. The van der Waals surface area contributed by atoms with Crippen molar-refractivity contribution in [3.63, 3.8) is 0 Å². The van der Waals surface area contributed by atoms with Crippen molar-refractivity contribution in [3.8, 4) is 0 Å².